The van der Waals surface area contributed by atoms with Gasteiger partial charge in [0.2, 0.25) is 0 Å². The number of nitrogens with two attached hydrogens (primary N) is 1. The van der Waals surface area contributed by atoms with Crippen LogP contribution in [0.5, 0.6) is 5.75 Å². The smallest absolute Gasteiger partial charge is 0.123 e. The molecule has 2 N–H and O–H groups in total. The Morgan fingerprint density at radius 2 is 1.71 bits per heavy atom. The Balaban J connectivity index is 2.20. The van der Waals surface area contributed by atoms with Gasteiger partial charge in [-0.1, -0.05) is 33.6 Å². The fraction of sp³-hybridized carbons (Fsp3) is 0.333. The number of aryl methyl sites for hydroxylation is 3. The summed E-state index contributed by atoms with van der Waals surface area (Å²) in [6, 6.07) is 10.5. The molecule has 2 rings (SSSR count). The molecule has 0 heterocycles. The van der Waals surface area contributed by atoms with Gasteiger partial charge in [-0.05, 0) is 74.2 Å². The van der Waals surface area contributed by atoms with E-state index in [1.165, 1.54) is 22.3 Å². The molecule has 0 saturated heterocycles. The molecule has 0 spiro atoms. The average molecular weight is 348 g/mol. The van der Waals surface area contributed by atoms with Gasteiger partial charge < -0.3 is 10.5 Å². The molecule has 0 saturated carbocycles. The molecule has 0 aliphatic carbocycles. The highest BCUT2D eigenvalue weighted by Gasteiger charge is 2.08. The Morgan fingerprint density at radius 3 is 2.33 bits per heavy atom. The zero-order valence-electron chi connectivity index (χ0n) is 12.9. The molecule has 0 aliphatic heterocycles. The molecular formula is C18H22BrNO. The zero-order valence-corrected chi connectivity index (χ0v) is 14.5. The van der Waals surface area contributed by atoms with E-state index in [-0.39, 0.29) is 0 Å². The van der Waals surface area contributed by atoms with Gasteiger partial charge in [0.15, 0.2) is 0 Å². The van der Waals surface area contributed by atoms with E-state index >= 15 is 0 Å². The van der Waals surface area contributed by atoms with E-state index in [1.807, 2.05) is 12.1 Å². The SMILES string of the molecule is Cc1cc(C)c(COc2ccc(Br)cc2CCN)c(C)c1. The molecule has 0 unspecified atom stereocenters. The highest BCUT2D eigenvalue weighted by Crippen LogP contribution is 2.26. The molecule has 21 heavy (non-hydrogen) atoms. The first-order chi connectivity index (χ1) is 10.0. The van der Waals surface area contributed by atoms with Crippen LogP contribution in [0.3, 0.4) is 0 Å². The minimum atomic E-state index is 0.594. The van der Waals surface area contributed by atoms with Crippen LogP contribution in [-0.2, 0) is 13.0 Å². The van der Waals surface area contributed by atoms with Crippen LogP contribution in [0.2, 0.25) is 0 Å². The van der Waals surface area contributed by atoms with Crippen molar-refractivity contribution in [3.63, 3.8) is 0 Å². The molecule has 0 aromatic heterocycles. The van der Waals surface area contributed by atoms with Crippen molar-refractivity contribution in [1.82, 2.24) is 0 Å². The predicted octanol–water partition coefficient (Wildman–Crippen LogP) is 4.45. The molecule has 0 atom stereocenters. The Bertz CT molecular complexity index is 614. The third-order valence-electron chi connectivity index (χ3n) is 3.65. The van der Waals surface area contributed by atoms with Gasteiger partial charge in [0, 0.05) is 4.47 Å². The highest BCUT2D eigenvalue weighted by atomic mass is 79.9. The largest absolute Gasteiger partial charge is 0.489 e. The number of halogens is 1. The minimum Gasteiger partial charge on any atom is -0.489 e. The van der Waals surface area contributed by atoms with Crippen molar-refractivity contribution in [1.29, 1.82) is 0 Å². The first kappa shape index (κ1) is 16.1. The van der Waals surface area contributed by atoms with E-state index in [1.54, 1.807) is 0 Å². The lowest BCUT2D eigenvalue weighted by Gasteiger charge is -2.15. The van der Waals surface area contributed by atoms with Crippen molar-refractivity contribution >= 4 is 15.9 Å². The summed E-state index contributed by atoms with van der Waals surface area (Å²) >= 11 is 3.50. The molecule has 2 aromatic carbocycles. The minimum absolute atomic E-state index is 0.594. The number of rotatable bonds is 5. The fourth-order valence-corrected chi connectivity index (χ4v) is 3.04. The van der Waals surface area contributed by atoms with E-state index in [0.29, 0.717) is 13.2 Å². The summed E-state index contributed by atoms with van der Waals surface area (Å²) in [5.41, 5.74) is 12.0. The zero-order chi connectivity index (χ0) is 15.4. The summed E-state index contributed by atoms with van der Waals surface area (Å²) in [6.07, 6.45) is 0.820. The summed E-state index contributed by atoms with van der Waals surface area (Å²) in [5.74, 6) is 0.919. The van der Waals surface area contributed by atoms with Crippen molar-refractivity contribution in [2.75, 3.05) is 6.54 Å². The van der Waals surface area contributed by atoms with Gasteiger partial charge in [0.1, 0.15) is 12.4 Å². The number of hydrogen-bond acceptors (Lipinski definition) is 2. The molecule has 112 valence electrons. The molecule has 2 nitrogen and oxygen atoms in total. The van der Waals surface area contributed by atoms with Gasteiger partial charge in [-0.2, -0.15) is 0 Å². The second-order valence-electron chi connectivity index (χ2n) is 5.46. The van der Waals surface area contributed by atoms with Crippen molar-refractivity contribution in [3.8, 4) is 5.75 Å². The number of hydrogen-bond donors (Lipinski definition) is 1. The molecule has 0 radical (unpaired) electrons. The Morgan fingerprint density at radius 1 is 1.05 bits per heavy atom. The lowest BCUT2D eigenvalue weighted by atomic mass is 10.0. The molecular weight excluding hydrogens is 326 g/mol. The number of ether oxygens (including phenoxy) is 1. The standard InChI is InChI=1S/C18H22BrNO/c1-12-8-13(2)17(14(3)9-12)11-21-18-5-4-16(19)10-15(18)6-7-20/h4-5,8-10H,6-7,11,20H2,1-3H3. The van der Waals surface area contributed by atoms with Crippen LogP contribution in [0.1, 0.15) is 27.8 Å². The number of benzene rings is 2. The first-order valence-electron chi connectivity index (χ1n) is 7.19. The van der Waals surface area contributed by atoms with Crippen LogP contribution in [0, 0.1) is 20.8 Å². The van der Waals surface area contributed by atoms with Crippen LogP contribution in [-0.4, -0.2) is 6.54 Å². The molecule has 2 aromatic rings. The van der Waals surface area contributed by atoms with Crippen molar-refractivity contribution in [2.24, 2.45) is 5.73 Å². The summed E-state index contributed by atoms with van der Waals surface area (Å²) in [6.45, 7) is 7.62. The second kappa shape index (κ2) is 7.10. The second-order valence-corrected chi connectivity index (χ2v) is 6.37. The summed E-state index contributed by atoms with van der Waals surface area (Å²) < 4.78 is 7.11. The van der Waals surface area contributed by atoms with Crippen LogP contribution >= 0.6 is 15.9 Å². The Kier molecular flexibility index (Phi) is 5.43. The highest BCUT2D eigenvalue weighted by molar-refractivity contribution is 9.10. The third kappa shape index (κ3) is 4.08. The van der Waals surface area contributed by atoms with Crippen molar-refractivity contribution < 1.29 is 4.74 Å². The maximum absolute atomic E-state index is 6.06. The maximum Gasteiger partial charge on any atom is 0.123 e. The predicted molar refractivity (Wildman–Crippen MR) is 91.9 cm³/mol. The van der Waals surface area contributed by atoms with E-state index < -0.39 is 0 Å². The topological polar surface area (TPSA) is 35.2 Å². The molecule has 0 bridgehead atoms. The monoisotopic (exact) mass is 347 g/mol. The van der Waals surface area contributed by atoms with Gasteiger partial charge in [-0.15, -0.1) is 0 Å². The maximum atomic E-state index is 6.06. The van der Waals surface area contributed by atoms with Crippen LogP contribution < -0.4 is 10.5 Å². The van der Waals surface area contributed by atoms with Gasteiger partial charge in [0.05, 0.1) is 0 Å². The van der Waals surface area contributed by atoms with Gasteiger partial charge in [-0.3, -0.25) is 0 Å². The van der Waals surface area contributed by atoms with E-state index in [9.17, 15) is 0 Å². The fourth-order valence-electron chi connectivity index (χ4n) is 2.63. The Labute approximate surface area is 135 Å². The molecule has 0 fully saturated rings. The van der Waals surface area contributed by atoms with Gasteiger partial charge in [-0.25, -0.2) is 0 Å². The third-order valence-corrected chi connectivity index (χ3v) is 4.14. The lowest BCUT2D eigenvalue weighted by molar-refractivity contribution is 0.301. The van der Waals surface area contributed by atoms with Crippen LogP contribution in [0.15, 0.2) is 34.8 Å². The summed E-state index contributed by atoms with van der Waals surface area (Å²) in [7, 11) is 0. The Hall–Kier alpha value is -1.32. The van der Waals surface area contributed by atoms with E-state index in [0.717, 1.165) is 22.2 Å². The van der Waals surface area contributed by atoms with Crippen LogP contribution in [0.4, 0.5) is 0 Å². The van der Waals surface area contributed by atoms with Crippen LogP contribution in [0.25, 0.3) is 0 Å². The summed E-state index contributed by atoms with van der Waals surface area (Å²) in [5, 5.41) is 0. The normalized spacial score (nSPS) is 10.7. The van der Waals surface area contributed by atoms with E-state index in [4.69, 9.17) is 10.5 Å². The van der Waals surface area contributed by atoms with Gasteiger partial charge in [0.25, 0.3) is 0 Å². The summed E-state index contributed by atoms with van der Waals surface area (Å²) in [4.78, 5) is 0. The average Bonchev–Trinajstić information content (AvgIpc) is 2.40. The van der Waals surface area contributed by atoms with E-state index in [2.05, 4.69) is 54.9 Å². The van der Waals surface area contributed by atoms with Crippen molar-refractivity contribution in [2.45, 2.75) is 33.8 Å². The molecule has 0 aliphatic rings. The first-order valence-corrected chi connectivity index (χ1v) is 7.98. The molecule has 3 heteroatoms. The quantitative estimate of drug-likeness (QED) is 0.866. The van der Waals surface area contributed by atoms with Gasteiger partial charge >= 0.3 is 0 Å². The van der Waals surface area contributed by atoms with Crippen molar-refractivity contribution in [3.05, 3.63) is 62.6 Å². The lowest BCUT2D eigenvalue weighted by Crippen LogP contribution is -2.07. The molecule has 0 amide bonds.